The summed E-state index contributed by atoms with van der Waals surface area (Å²) in [6.45, 7) is 5.75. The van der Waals surface area contributed by atoms with E-state index in [2.05, 4.69) is 17.2 Å². The van der Waals surface area contributed by atoms with Crippen LogP contribution in [0.4, 0.5) is 11.5 Å². The lowest BCUT2D eigenvalue weighted by atomic mass is 10.0. The third kappa shape index (κ3) is 3.84. The van der Waals surface area contributed by atoms with Crippen molar-refractivity contribution in [2.24, 2.45) is 5.92 Å². The minimum absolute atomic E-state index is 0.104. The number of pyridine rings is 1. The SMILES string of the molecule is Cc1cc(Nc2nn(CC3CC3)c3cc[nH]c(=O)c23)ccc1C(=O)N1CCCC[C@@H]1C. The monoisotopic (exact) mass is 419 g/mol. The number of H-pyrrole nitrogens is 1. The molecule has 0 unspecified atom stereocenters. The first kappa shape index (κ1) is 19.8. The van der Waals surface area contributed by atoms with Crippen molar-refractivity contribution in [3.05, 3.63) is 51.9 Å². The Morgan fingerprint density at radius 1 is 1.23 bits per heavy atom. The fourth-order valence-corrected chi connectivity index (χ4v) is 4.58. The zero-order valence-corrected chi connectivity index (χ0v) is 18.1. The third-order valence-electron chi connectivity index (χ3n) is 6.59. The standard InChI is InChI=1S/C24H29N5O2/c1-15-13-18(8-9-19(15)24(31)28-12-4-3-5-16(28)2)26-22-21-20(10-11-25-23(21)30)29(27-22)14-17-6-7-17/h8-11,13,16-17H,3-7,12,14H2,1-2H3,(H,25,30)(H,26,27)/t16-/m0/s1. The average molecular weight is 420 g/mol. The molecule has 0 bridgehead atoms. The molecule has 1 aliphatic heterocycles. The number of carbonyl (C=O) groups is 1. The van der Waals surface area contributed by atoms with Gasteiger partial charge in [-0.25, -0.2) is 0 Å². The normalized spacial score (nSPS) is 19.0. The lowest BCUT2D eigenvalue weighted by molar-refractivity contribution is 0.0635. The molecular weight excluding hydrogens is 390 g/mol. The number of hydrogen-bond donors (Lipinski definition) is 2. The molecule has 7 heteroatoms. The number of aromatic nitrogens is 3. The first-order valence-corrected chi connectivity index (χ1v) is 11.3. The molecule has 1 atom stereocenters. The maximum Gasteiger partial charge on any atom is 0.261 e. The second-order valence-electron chi connectivity index (χ2n) is 9.04. The molecule has 3 aromatic rings. The lowest BCUT2D eigenvalue weighted by Gasteiger charge is -2.33. The van der Waals surface area contributed by atoms with Crippen molar-refractivity contribution in [3.8, 4) is 0 Å². The van der Waals surface area contributed by atoms with Gasteiger partial charge in [0.1, 0.15) is 5.39 Å². The summed E-state index contributed by atoms with van der Waals surface area (Å²) < 4.78 is 1.94. The number of carbonyl (C=O) groups excluding carboxylic acids is 1. The molecule has 162 valence electrons. The number of benzene rings is 1. The number of aryl methyl sites for hydroxylation is 1. The van der Waals surface area contributed by atoms with Crippen LogP contribution >= 0.6 is 0 Å². The Labute approximate surface area is 181 Å². The fraction of sp³-hybridized carbons (Fsp3) is 0.458. The molecule has 2 aliphatic rings. The maximum absolute atomic E-state index is 13.1. The number of nitrogens with one attached hydrogen (secondary N) is 2. The van der Waals surface area contributed by atoms with Crippen molar-refractivity contribution in [3.63, 3.8) is 0 Å². The predicted octanol–water partition coefficient (Wildman–Crippen LogP) is 4.20. The van der Waals surface area contributed by atoms with Crippen molar-refractivity contribution in [1.82, 2.24) is 19.7 Å². The number of amides is 1. The van der Waals surface area contributed by atoms with Crippen LogP contribution in [0.5, 0.6) is 0 Å². The quantitative estimate of drug-likeness (QED) is 0.649. The Balaban J connectivity index is 1.43. The van der Waals surface area contributed by atoms with Crippen molar-refractivity contribution in [1.29, 1.82) is 0 Å². The number of nitrogens with zero attached hydrogens (tertiary/aromatic N) is 3. The Hall–Kier alpha value is -3.09. The summed E-state index contributed by atoms with van der Waals surface area (Å²) >= 11 is 0. The molecular formula is C24H29N5O2. The van der Waals surface area contributed by atoms with E-state index in [1.807, 2.05) is 40.8 Å². The molecule has 31 heavy (non-hydrogen) atoms. The van der Waals surface area contributed by atoms with E-state index in [0.29, 0.717) is 17.1 Å². The van der Waals surface area contributed by atoms with Crippen LogP contribution in [-0.4, -0.2) is 38.2 Å². The first-order valence-electron chi connectivity index (χ1n) is 11.3. The summed E-state index contributed by atoms with van der Waals surface area (Å²) in [4.78, 5) is 30.3. The molecule has 1 aromatic carbocycles. The maximum atomic E-state index is 13.1. The average Bonchev–Trinajstić information content (AvgIpc) is 3.50. The summed E-state index contributed by atoms with van der Waals surface area (Å²) in [6, 6.07) is 7.94. The van der Waals surface area contributed by atoms with Crippen LogP contribution in [0.3, 0.4) is 0 Å². The predicted molar refractivity (Wildman–Crippen MR) is 122 cm³/mol. The summed E-state index contributed by atoms with van der Waals surface area (Å²) in [5.74, 6) is 1.31. The number of fused-ring (bicyclic) bond motifs is 1. The molecule has 7 nitrogen and oxygen atoms in total. The lowest BCUT2D eigenvalue weighted by Crippen LogP contribution is -2.42. The Morgan fingerprint density at radius 2 is 2.06 bits per heavy atom. The van der Waals surface area contributed by atoms with Gasteiger partial charge in [-0.05, 0) is 81.7 Å². The highest BCUT2D eigenvalue weighted by Gasteiger charge is 2.26. The van der Waals surface area contributed by atoms with Gasteiger partial charge < -0.3 is 15.2 Å². The second kappa shape index (κ2) is 7.87. The zero-order valence-electron chi connectivity index (χ0n) is 18.1. The summed E-state index contributed by atoms with van der Waals surface area (Å²) in [7, 11) is 0. The summed E-state index contributed by atoms with van der Waals surface area (Å²) in [5, 5.41) is 8.60. The molecule has 2 N–H and O–H groups in total. The Kier molecular flexibility index (Phi) is 5.04. The first-order chi connectivity index (χ1) is 15.0. The van der Waals surface area contributed by atoms with E-state index in [-0.39, 0.29) is 17.5 Å². The largest absolute Gasteiger partial charge is 0.338 e. The van der Waals surface area contributed by atoms with Gasteiger partial charge in [-0.3, -0.25) is 14.3 Å². The van der Waals surface area contributed by atoms with Crippen molar-refractivity contribution in [2.75, 3.05) is 11.9 Å². The molecule has 0 radical (unpaired) electrons. The molecule has 2 fully saturated rings. The van der Waals surface area contributed by atoms with Crippen LogP contribution in [0.2, 0.25) is 0 Å². The third-order valence-corrected chi connectivity index (χ3v) is 6.59. The molecule has 1 saturated carbocycles. The van der Waals surface area contributed by atoms with Gasteiger partial charge in [0.2, 0.25) is 0 Å². The number of likely N-dealkylation sites (tertiary alicyclic amines) is 1. The van der Waals surface area contributed by atoms with E-state index < -0.39 is 0 Å². The van der Waals surface area contributed by atoms with Gasteiger partial charge in [-0.1, -0.05) is 0 Å². The van der Waals surface area contributed by atoms with E-state index in [4.69, 9.17) is 5.10 Å². The van der Waals surface area contributed by atoms with E-state index in [9.17, 15) is 9.59 Å². The van der Waals surface area contributed by atoms with Crippen molar-refractivity contribution < 1.29 is 4.79 Å². The van der Waals surface area contributed by atoms with Gasteiger partial charge in [-0.2, -0.15) is 5.10 Å². The van der Waals surface area contributed by atoms with Gasteiger partial charge in [0.25, 0.3) is 11.5 Å². The molecule has 0 spiro atoms. The van der Waals surface area contributed by atoms with E-state index in [1.54, 1.807) is 6.20 Å². The van der Waals surface area contributed by atoms with E-state index >= 15 is 0 Å². The van der Waals surface area contributed by atoms with Crippen LogP contribution in [0.15, 0.2) is 35.3 Å². The zero-order chi connectivity index (χ0) is 21.5. The van der Waals surface area contributed by atoms with Crippen LogP contribution in [0.1, 0.15) is 54.9 Å². The van der Waals surface area contributed by atoms with Crippen LogP contribution < -0.4 is 10.9 Å². The minimum Gasteiger partial charge on any atom is -0.338 e. The molecule has 2 aromatic heterocycles. The van der Waals surface area contributed by atoms with Crippen molar-refractivity contribution >= 4 is 28.3 Å². The molecule has 5 rings (SSSR count). The van der Waals surface area contributed by atoms with Crippen molar-refractivity contribution in [2.45, 2.75) is 58.5 Å². The fourth-order valence-electron chi connectivity index (χ4n) is 4.58. The number of piperidine rings is 1. The molecule has 1 aliphatic carbocycles. The van der Waals surface area contributed by atoms with Crippen LogP contribution in [0.25, 0.3) is 10.9 Å². The van der Waals surface area contributed by atoms with Crippen LogP contribution in [0, 0.1) is 12.8 Å². The van der Waals surface area contributed by atoms with Gasteiger partial charge in [0, 0.05) is 36.6 Å². The topological polar surface area (TPSA) is 83.0 Å². The highest BCUT2D eigenvalue weighted by molar-refractivity contribution is 5.97. The highest BCUT2D eigenvalue weighted by Crippen LogP contribution is 2.33. The van der Waals surface area contributed by atoms with E-state index in [1.165, 1.54) is 19.3 Å². The highest BCUT2D eigenvalue weighted by atomic mass is 16.2. The second-order valence-corrected chi connectivity index (χ2v) is 9.04. The summed E-state index contributed by atoms with van der Waals surface area (Å²) in [6.07, 6.45) is 7.43. The van der Waals surface area contributed by atoms with E-state index in [0.717, 1.165) is 48.3 Å². The van der Waals surface area contributed by atoms with Crippen LogP contribution in [-0.2, 0) is 6.54 Å². The number of rotatable bonds is 5. The molecule has 1 amide bonds. The molecule has 1 saturated heterocycles. The smallest absolute Gasteiger partial charge is 0.261 e. The number of anilines is 2. The molecule has 3 heterocycles. The minimum atomic E-state index is -0.148. The Bertz CT molecular complexity index is 1190. The number of aromatic amines is 1. The summed E-state index contributed by atoms with van der Waals surface area (Å²) in [5.41, 5.74) is 3.18. The Morgan fingerprint density at radius 3 is 2.81 bits per heavy atom. The van der Waals surface area contributed by atoms with Gasteiger partial charge in [0.05, 0.1) is 5.52 Å². The van der Waals surface area contributed by atoms with Gasteiger partial charge >= 0.3 is 0 Å². The van der Waals surface area contributed by atoms with Gasteiger partial charge in [-0.15, -0.1) is 0 Å². The number of hydrogen-bond acceptors (Lipinski definition) is 4. The van der Waals surface area contributed by atoms with Gasteiger partial charge in [0.15, 0.2) is 5.82 Å².